The summed E-state index contributed by atoms with van der Waals surface area (Å²) >= 11 is 0. The van der Waals surface area contributed by atoms with E-state index in [-0.39, 0.29) is 0 Å². The average molecular weight is 243 g/mol. The van der Waals surface area contributed by atoms with Crippen molar-refractivity contribution in [3.05, 3.63) is 12.1 Å². The van der Waals surface area contributed by atoms with E-state index in [1.54, 1.807) is 18.4 Å². The molecule has 1 aromatic heterocycles. The van der Waals surface area contributed by atoms with Gasteiger partial charge in [0.1, 0.15) is 5.82 Å². The minimum Gasteiger partial charge on any atom is -0.479 e. The zero-order valence-corrected chi connectivity index (χ0v) is 10.3. The molecular weight excluding hydrogens is 226 g/mol. The van der Waals surface area contributed by atoms with Crippen molar-refractivity contribution in [2.75, 3.05) is 36.7 Å². The number of aromatic nitrogens is 1. The molecule has 0 saturated heterocycles. The first-order chi connectivity index (χ1) is 7.63. The van der Waals surface area contributed by atoms with Crippen LogP contribution in [0.4, 0.5) is 11.5 Å². The number of hydrogen-bond donors (Lipinski definition) is 2. The van der Waals surface area contributed by atoms with E-state index in [2.05, 4.69) is 10.3 Å². The first kappa shape index (κ1) is 12.8. The predicted molar refractivity (Wildman–Crippen MR) is 67.2 cm³/mol. The van der Waals surface area contributed by atoms with Gasteiger partial charge in [-0.2, -0.15) is 4.98 Å². The van der Waals surface area contributed by atoms with Crippen LogP contribution in [-0.2, 0) is 10.8 Å². The van der Waals surface area contributed by atoms with Gasteiger partial charge < -0.3 is 15.8 Å². The SMILES string of the molecule is COc1nc(NCCCS(C)=O)ccc1N. The van der Waals surface area contributed by atoms with Crippen LogP contribution in [0.5, 0.6) is 5.88 Å². The van der Waals surface area contributed by atoms with Crippen LogP contribution in [0.1, 0.15) is 6.42 Å². The van der Waals surface area contributed by atoms with Crippen molar-refractivity contribution in [3.8, 4) is 5.88 Å². The number of ether oxygens (including phenoxy) is 1. The molecule has 3 N–H and O–H groups in total. The van der Waals surface area contributed by atoms with E-state index in [0.29, 0.717) is 23.1 Å². The number of nitrogens with one attached hydrogen (secondary N) is 1. The minimum atomic E-state index is -0.738. The number of hydrogen-bond acceptors (Lipinski definition) is 5. The fraction of sp³-hybridized carbons (Fsp3) is 0.500. The van der Waals surface area contributed by atoms with Crippen molar-refractivity contribution in [1.29, 1.82) is 0 Å². The minimum absolute atomic E-state index is 0.420. The first-order valence-corrected chi connectivity index (χ1v) is 6.70. The molecule has 0 aliphatic heterocycles. The number of nitrogens with two attached hydrogens (primary N) is 1. The van der Waals surface area contributed by atoms with Crippen LogP contribution in [0.25, 0.3) is 0 Å². The average Bonchev–Trinajstić information content (AvgIpc) is 2.26. The van der Waals surface area contributed by atoms with Crippen LogP contribution in [0.2, 0.25) is 0 Å². The van der Waals surface area contributed by atoms with Gasteiger partial charge in [-0.05, 0) is 18.6 Å². The molecule has 1 unspecified atom stereocenters. The number of rotatable bonds is 6. The monoisotopic (exact) mass is 243 g/mol. The molecule has 1 rings (SSSR count). The fourth-order valence-electron chi connectivity index (χ4n) is 1.21. The molecule has 0 fully saturated rings. The van der Waals surface area contributed by atoms with E-state index in [1.165, 1.54) is 7.11 Å². The summed E-state index contributed by atoms with van der Waals surface area (Å²) in [6, 6.07) is 3.53. The maximum atomic E-state index is 10.8. The molecule has 0 aliphatic rings. The summed E-state index contributed by atoms with van der Waals surface area (Å²) in [7, 11) is 0.792. The van der Waals surface area contributed by atoms with Crippen molar-refractivity contribution in [2.24, 2.45) is 0 Å². The maximum absolute atomic E-state index is 10.8. The zero-order chi connectivity index (χ0) is 12.0. The molecule has 0 bridgehead atoms. The van der Waals surface area contributed by atoms with Gasteiger partial charge in [0, 0.05) is 29.4 Å². The third kappa shape index (κ3) is 4.06. The summed E-state index contributed by atoms with van der Waals surface area (Å²) in [5, 5.41) is 3.12. The van der Waals surface area contributed by atoms with Gasteiger partial charge in [0.05, 0.1) is 12.8 Å². The molecule has 0 amide bonds. The lowest BCUT2D eigenvalue weighted by Crippen LogP contribution is -2.08. The van der Waals surface area contributed by atoms with E-state index in [9.17, 15) is 4.21 Å². The Hall–Kier alpha value is -1.30. The van der Waals surface area contributed by atoms with Gasteiger partial charge in [-0.3, -0.25) is 4.21 Å². The molecule has 0 aromatic carbocycles. The van der Waals surface area contributed by atoms with Crippen LogP contribution >= 0.6 is 0 Å². The van der Waals surface area contributed by atoms with Crippen molar-refractivity contribution < 1.29 is 8.95 Å². The number of methoxy groups -OCH3 is 1. The largest absolute Gasteiger partial charge is 0.479 e. The quantitative estimate of drug-likeness (QED) is 0.724. The molecule has 1 heterocycles. The van der Waals surface area contributed by atoms with Gasteiger partial charge in [-0.1, -0.05) is 0 Å². The predicted octanol–water partition coefficient (Wildman–Crippen LogP) is 0.853. The highest BCUT2D eigenvalue weighted by Gasteiger charge is 2.02. The van der Waals surface area contributed by atoms with Crippen molar-refractivity contribution in [1.82, 2.24) is 4.98 Å². The number of nitrogens with zero attached hydrogens (tertiary/aromatic N) is 1. The lowest BCUT2D eigenvalue weighted by molar-refractivity contribution is 0.401. The standard InChI is InChI=1S/C10H17N3O2S/c1-15-10-8(11)4-5-9(13-10)12-6-3-7-16(2)14/h4-5H,3,6-7,11H2,1-2H3,(H,12,13). The number of pyridine rings is 1. The van der Waals surface area contributed by atoms with Gasteiger partial charge in [-0.15, -0.1) is 0 Å². The second kappa shape index (κ2) is 6.32. The molecule has 16 heavy (non-hydrogen) atoms. The summed E-state index contributed by atoms with van der Waals surface area (Å²) in [6.07, 6.45) is 2.54. The highest BCUT2D eigenvalue weighted by Crippen LogP contribution is 2.19. The molecule has 0 saturated carbocycles. The Balaban J connectivity index is 2.45. The Kier molecular flexibility index (Phi) is 5.04. The zero-order valence-electron chi connectivity index (χ0n) is 9.53. The number of anilines is 2. The van der Waals surface area contributed by atoms with Gasteiger partial charge in [-0.25, -0.2) is 0 Å². The van der Waals surface area contributed by atoms with E-state index in [1.807, 2.05) is 0 Å². The maximum Gasteiger partial charge on any atom is 0.238 e. The van der Waals surface area contributed by atoms with E-state index < -0.39 is 10.8 Å². The van der Waals surface area contributed by atoms with Crippen LogP contribution in [-0.4, -0.2) is 34.9 Å². The summed E-state index contributed by atoms with van der Waals surface area (Å²) in [5.41, 5.74) is 6.16. The Morgan fingerprint density at radius 1 is 1.56 bits per heavy atom. The van der Waals surface area contributed by atoms with Crippen molar-refractivity contribution >= 4 is 22.3 Å². The van der Waals surface area contributed by atoms with Crippen molar-refractivity contribution in [3.63, 3.8) is 0 Å². The molecule has 90 valence electrons. The molecule has 0 radical (unpaired) electrons. The third-order valence-corrected chi connectivity index (χ3v) is 2.86. The molecule has 1 aromatic rings. The van der Waals surface area contributed by atoms with E-state index in [4.69, 9.17) is 10.5 Å². The van der Waals surface area contributed by atoms with Crippen LogP contribution in [0.15, 0.2) is 12.1 Å². The normalized spacial score (nSPS) is 12.1. The Morgan fingerprint density at radius 3 is 2.94 bits per heavy atom. The molecular formula is C10H17N3O2S. The number of nitrogen functional groups attached to an aromatic ring is 1. The Bertz CT molecular complexity index is 371. The molecule has 6 heteroatoms. The second-order valence-corrected chi connectivity index (χ2v) is 4.91. The van der Waals surface area contributed by atoms with E-state index >= 15 is 0 Å². The van der Waals surface area contributed by atoms with Gasteiger partial charge in [0.15, 0.2) is 0 Å². The molecule has 0 spiro atoms. The summed E-state index contributed by atoms with van der Waals surface area (Å²) in [5.74, 6) is 1.83. The van der Waals surface area contributed by atoms with Crippen LogP contribution < -0.4 is 15.8 Å². The highest BCUT2D eigenvalue weighted by atomic mass is 32.2. The topological polar surface area (TPSA) is 77.2 Å². The summed E-state index contributed by atoms with van der Waals surface area (Å²) in [4.78, 5) is 4.17. The van der Waals surface area contributed by atoms with Crippen molar-refractivity contribution in [2.45, 2.75) is 6.42 Å². The molecule has 5 nitrogen and oxygen atoms in total. The lowest BCUT2D eigenvalue weighted by atomic mass is 10.4. The van der Waals surface area contributed by atoms with Crippen LogP contribution in [0.3, 0.4) is 0 Å². The Morgan fingerprint density at radius 2 is 2.31 bits per heavy atom. The van der Waals surface area contributed by atoms with Gasteiger partial charge >= 0.3 is 0 Å². The fourth-order valence-corrected chi connectivity index (χ4v) is 1.76. The first-order valence-electron chi connectivity index (χ1n) is 4.98. The lowest BCUT2D eigenvalue weighted by Gasteiger charge is -2.08. The van der Waals surface area contributed by atoms with Gasteiger partial charge in [0.25, 0.3) is 0 Å². The second-order valence-electron chi connectivity index (χ2n) is 3.35. The smallest absolute Gasteiger partial charge is 0.238 e. The van der Waals surface area contributed by atoms with Gasteiger partial charge in [0.2, 0.25) is 5.88 Å². The third-order valence-electron chi connectivity index (χ3n) is 2.00. The molecule has 0 aliphatic carbocycles. The summed E-state index contributed by atoms with van der Waals surface area (Å²) in [6.45, 7) is 0.736. The molecule has 1 atom stereocenters. The van der Waals surface area contributed by atoms with E-state index in [0.717, 1.165) is 13.0 Å². The Labute approximate surface area is 97.9 Å². The summed E-state index contributed by atoms with van der Waals surface area (Å²) < 4.78 is 15.8. The van der Waals surface area contributed by atoms with Crippen LogP contribution in [0, 0.1) is 0 Å². The highest BCUT2D eigenvalue weighted by molar-refractivity contribution is 7.84.